The van der Waals surface area contributed by atoms with Gasteiger partial charge >= 0.3 is 0 Å². The Kier molecular flexibility index (Phi) is 6.45. The van der Waals surface area contributed by atoms with Crippen LogP contribution in [-0.2, 0) is 0 Å². The van der Waals surface area contributed by atoms with Gasteiger partial charge in [-0.05, 0) is 67.5 Å². The minimum Gasteiger partial charge on any atom is -0.0654 e. The van der Waals surface area contributed by atoms with Crippen molar-refractivity contribution in [1.29, 1.82) is 0 Å². The summed E-state index contributed by atoms with van der Waals surface area (Å²) in [5.41, 5.74) is 8.55. The summed E-state index contributed by atoms with van der Waals surface area (Å²) < 4.78 is 0. The summed E-state index contributed by atoms with van der Waals surface area (Å²) >= 11 is 0. The number of unbranched alkanes of at least 4 members (excludes halogenated alkanes) is 3. The minimum atomic E-state index is 0.533. The van der Waals surface area contributed by atoms with Crippen molar-refractivity contribution in [3.05, 3.63) is 69.8 Å². The normalized spacial score (nSPS) is 11.2. The van der Waals surface area contributed by atoms with Crippen molar-refractivity contribution in [2.45, 2.75) is 72.6 Å². The number of hydrogen-bond acceptors (Lipinski definition) is 0. The van der Waals surface area contributed by atoms with E-state index >= 15 is 0 Å². The van der Waals surface area contributed by atoms with Gasteiger partial charge in [0.05, 0.1) is 0 Å². The first-order valence-corrected chi connectivity index (χ1v) is 9.17. The van der Waals surface area contributed by atoms with Gasteiger partial charge in [-0.15, -0.1) is 0 Å². The number of aryl methyl sites for hydroxylation is 4. The average Bonchev–Trinajstić information content (AvgIpc) is 2.53. The zero-order valence-electron chi connectivity index (χ0n) is 15.6. The van der Waals surface area contributed by atoms with Crippen molar-refractivity contribution in [1.82, 2.24) is 0 Å². The predicted octanol–water partition coefficient (Wildman–Crippen LogP) is 7.02. The van der Waals surface area contributed by atoms with Crippen LogP contribution in [0.15, 0.2) is 36.4 Å². The van der Waals surface area contributed by atoms with Crippen molar-refractivity contribution in [3.8, 4) is 0 Å². The van der Waals surface area contributed by atoms with Gasteiger partial charge in [0.2, 0.25) is 0 Å². The molecule has 0 radical (unpaired) electrons. The van der Waals surface area contributed by atoms with Crippen LogP contribution < -0.4 is 0 Å². The summed E-state index contributed by atoms with van der Waals surface area (Å²) in [4.78, 5) is 0. The molecule has 0 bridgehead atoms. The summed E-state index contributed by atoms with van der Waals surface area (Å²) in [6, 6.07) is 14.0. The van der Waals surface area contributed by atoms with Crippen LogP contribution in [0.4, 0.5) is 0 Å². The van der Waals surface area contributed by atoms with E-state index in [0.717, 1.165) is 0 Å². The van der Waals surface area contributed by atoms with E-state index in [4.69, 9.17) is 0 Å². The number of rotatable bonds is 7. The van der Waals surface area contributed by atoms with Gasteiger partial charge < -0.3 is 0 Å². The SMILES string of the molecule is CCCCCCC(c1ccc(C)c(C)c1)c1ccc(C)c(C)c1. The molecule has 0 aliphatic rings. The molecule has 0 heterocycles. The van der Waals surface area contributed by atoms with Crippen molar-refractivity contribution in [2.75, 3.05) is 0 Å². The van der Waals surface area contributed by atoms with Gasteiger partial charge in [-0.3, -0.25) is 0 Å². The monoisotopic (exact) mass is 308 g/mol. The number of hydrogen-bond donors (Lipinski definition) is 0. The molecule has 0 heteroatoms. The van der Waals surface area contributed by atoms with E-state index in [2.05, 4.69) is 71.0 Å². The average molecular weight is 309 g/mol. The first-order chi connectivity index (χ1) is 11.0. The van der Waals surface area contributed by atoms with Crippen molar-refractivity contribution >= 4 is 0 Å². The maximum atomic E-state index is 2.40. The van der Waals surface area contributed by atoms with Crippen molar-refractivity contribution < 1.29 is 0 Å². The maximum Gasteiger partial charge on any atom is 0.00895 e. The van der Waals surface area contributed by atoms with Crippen molar-refractivity contribution in [3.63, 3.8) is 0 Å². The topological polar surface area (TPSA) is 0 Å². The lowest BCUT2D eigenvalue weighted by molar-refractivity contribution is 0.596. The molecule has 23 heavy (non-hydrogen) atoms. The van der Waals surface area contributed by atoms with E-state index in [-0.39, 0.29) is 0 Å². The highest BCUT2D eigenvalue weighted by Crippen LogP contribution is 2.32. The highest BCUT2D eigenvalue weighted by atomic mass is 14.2. The van der Waals surface area contributed by atoms with Gasteiger partial charge in [0, 0.05) is 5.92 Å². The molecule has 0 spiro atoms. The molecule has 124 valence electrons. The molecule has 0 N–H and O–H groups in total. The lowest BCUT2D eigenvalue weighted by Crippen LogP contribution is -2.03. The molecule has 0 saturated heterocycles. The fourth-order valence-electron chi connectivity index (χ4n) is 3.26. The first kappa shape index (κ1) is 17.8. The fourth-order valence-corrected chi connectivity index (χ4v) is 3.26. The van der Waals surface area contributed by atoms with E-state index < -0.39 is 0 Å². The maximum absolute atomic E-state index is 2.40. The largest absolute Gasteiger partial charge is 0.0654 e. The molecule has 0 saturated carbocycles. The summed E-state index contributed by atoms with van der Waals surface area (Å²) in [6.07, 6.45) is 6.58. The Morgan fingerprint density at radius 1 is 0.652 bits per heavy atom. The van der Waals surface area contributed by atoms with Crippen LogP contribution in [0.3, 0.4) is 0 Å². The molecule has 0 unspecified atom stereocenters. The van der Waals surface area contributed by atoms with Gasteiger partial charge in [-0.1, -0.05) is 69.0 Å². The molecule has 2 aromatic carbocycles. The van der Waals surface area contributed by atoms with E-state index in [9.17, 15) is 0 Å². The van der Waals surface area contributed by atoms with Crippen LogP contribution in [0.2, 0.25) is 0 Å². The Hall–Kier alpha value is -1.56. The summed E-state index contributed by atoms with van der Waals surface area (Å²) in [5, 5.41) is 0. The highest BCUT2D eigenvalue weighted by molar-refractivity contribution is 5.40. The molecule has 0 fully saturated rings. The van der Waals surface area contributed by atoms with Gasteiger partial charge in [0.1, 0.15) is 0 Å². The second kappa shape index (κ2) is 8.34. The van der Waals surface area contributed by atoms with E-state index in [0.29, 0.717) is 5.92 Å². The Morgan fingerprint density at radius 3 is 1.61 bits per heavy atom. The Labute approximate surface area is 143 Å². The third-order valence-corrected chi connectivity index (χ3v) is 5.21. The molecule has 0 amide bonds. The summed E-state index contributed by atoms with van der Waals surface area (Å²) in [7, 11) is 0. The van der Waals surface area contributed by atoms with Crippen LogP contribution in [0, 0.1) is 27.7 Å². The third-order valence-electron chi connectivity index (χ3n) is 5.21. The van der Waals surface area contributed by atoms with Crippen LogP contribution in [0.1, 0.15) is 78.3 Å². The van der Waals surface area contributed by atoms with Gasteiger partial charge in [0.15, 0.2) is 0 Å². The molecule has 0 atom stereocenters. The molecule has 0 nitrogen and oxygen atoms in total. The smallest absolute Gasteiger partial charge is 0.00895 e. The second-order valence-corrected chi connectivity index (χ2v) is 7.09. The second-order valence-electron chi connectivity index (χ2n) is 7.09. The zero-order chi connectivity index (χ0) is 16.8. The van der Waals surface area contributed by atoms with E-state index in [1.807, 2.05) is 0 Å². The Morgan fingerprint density at radius 2 is 1.17 bits per heavy atom. The van der Waals surface area contributed by atoms with E-state index in [1.54, 1.807) is 0 Å². The Balaban J connectivity index is 2.29. The predicted molar refractivity (Wildman–Crippen MR) is 102 cm³/mol. The molecule has 2 rings (SSSR count). The van der Waals surface area contributed by atoms with Crippen LogP contribution in [0.5, 0.6) is 0 Å². The van der Waals surface area contributed by atoms with E-state index in [1.165, 1.54) is 65.5 Å². The summed E-state index contributed by atoms with van der Waals surface area (Å²) in [6.45, 7) is 11.1. The van der Waals surface area contributed by atoms with Gasteiger partial charge in [-0.25, -0.2) is 0 Å². The quantitative estimate of drug-likeness (QED) is 0.482. The third kappa shape index (κ3) is 4.70. The number of benzene rings is 2. The molecular weight excluding hydrogens is 276 g/mol. The van der Waals surface area contributed by atoms with Crippen LogP contribution in [-0.4, -0.2) is 0 Å². The molecule has 0 aliphatic carbocycles. The fraction of sp³-hybridized carbons (Fsp3) is 0.478. The summed E-state index contributed by atoms with van der Waals surface area (Å²) in [5.74, 6) is 0.533. The first-order valence-electron chi connectivity index (χ1n) is 9.17. The van der Waals surface area contributed by atoms with Crippen molar-refractivity contribution in [2.24, 2.45) is 0 Å². The van der Waals surface area contributed by atoms with Gasteiger partial charge in [-0.2, -0.15) is 0 Å². The Bertz CT molecular complexity index is 585. The minimum absolute atomic E-state index is 0.533. The lowest BCUT2D eigenvalue weighted by Gasteiger charge is -2.20. The molecule has 0 aliphatic heterocycles. The van der Waals surface area contributed by atoms with Crippen LogP contribution >= 0.6 is 0 Å². The van der Waals surface area contributed by atoms with Crippen LogP contribution in [0.25, 0.3) is 0 Å². The zero-order valence-corrected chi connectivity index (χ0v) is 15.6. The lowest BCUT2D eigenvalue weighted by atomic mass is 9.84. The molecule has 2 aromatic rings. The molecule has 0 aromatic heterocycles. The van der Waals surface area contributed by atoms with Gasteiger partial charge in [0.25, 0.3) is 0 Å². The standard InChI is InChI=1S/C23H32/c1-6-7-8-9-10-23(21-13-11-17(2)19(4)15-21)22-14-12-18(3)20(5)16-22/h11-16,23H,6-10H2,1-5H3. The highest BCUT2D eigenvalue weighted by Gasteiger charge is 2.15. The molecular formula is C23H32.